The van der Waals surface area contributed by atoms with E-state index in [1.807, 2.05) is 0 Å². The number of halogens is 2. The van der Waals surface area contributed by atoms with Gasteiger partial charge in [0.2, 0.25) is 0 Å². The first-order valence-corrected chi connectivity index (χ1v) is 10.8. The largest absolute Gasteiger partial charge is 0.412 e. The summed E-state index contributed by atoms with van der Waals surface area (Å²) in [7, 11) is 1.77. The quantitative estimate of drug-likeness (QED) is 0.420. The number of aromatic amines is 1. The number of H-pyrrole nitrogens is 1. The van der Waals surface area contributed by atoms with Crippen molar-refractivity contribution in [2.24, 2.45) is 7.05 Å². The topological polar surface area (TPSA) is 123 Å². The number of imidazole rings is 1. The van der Waals surface area contributed by atoms with Crippen molar-refractivity contribution in [3.63, 3.8) is 0 Å². The molecule has 11 nitrogen and oxygen atoms in total. The van der Waals surface area contributed by atoms with Crippen molar-refractivity contribution in [1.82, 2.24) is 44.5 Å². The molecule has 13 heteroatoms. The Labute approximate surface area is 196 Å². The molecule has 5 aromatic heterocycles. The van der Waals surface area contributed by atoms with E-state index in [1.165, 1.54) is 21.5 Å². The number of alkyl halides is 2. The molecule has 1 N–H and O–H groups in total. The van der Waals surface area contributed by atoms with Crippen LogP contribution in [0.25, 0.3) is 17.0 Å². The lowest BCUT2D eigenvalue weighted by molar-refractivity contribution is 0.0646. The predicted molar refractivity (Wildman–Crippen MR) is 117 cm³/mol. The fourth-order valence-electron chi connectivity index (χ4n) is 4.52. The van der Waals surface area contributed by atoms with Gasteiger partial charge in [0.05, 0.1) is 34.5 Å². The van der Waals surface area contributed by atoms with Gasteiger partial charge >= 0.3 is 11.8 Å². The van der Waals surface area contributed by atoms with Crippen molar-refractivity contribution >= 4 is 11.4 Å². The first-order valence-electron chi connectivity index (χ1n) is 10.8. The lowest BCUT2D eigenvalue weighted by atomic mass is 9.99. The van der Waals surface area contributed by atoms with Gasteiger partial charge in [0.15, 0.2) is 0 Å². The molecule has 6 heterocycles. The second-order valence-corrected chi connectivity index (χ2v) is 8.29. The predicted octanol–water partition coefficient (Wildman–Crippen LogP) is 2.87. The summed E-state index contributed by atoms with van der Waals surface area (Å²) in [4.78, 5) is 22.6. The molecule has 35 heavy (non-hydrogen) atoms. The van der Waals surface area contributed by atoms with Gasteiger partial charge in [-0.3, -0.25) is 9.48 Å². The molecular weight excluding hydrogens is 460 g/mol. The highest BCUT2D eigenvalue weighted by atomic mass is 19.3. The van der Waals surface area contributed by atoms with Crippen LogP contribution in [0.2, 0.25) is 0 Å². The highest BCUT2D eigenvalue weighted by molar-refractivity contribution is 5.90. The maximum atomic E-state index is 13.6. The highest BCUT2D eigenvalue weighted by Crippen LogP contribution is 2.35. The fourth-order valence-corrected chi connectivity index (χ4v) is 4.52. The van der Waals surface area contributed by atoms with Gasteiger partial charge in [-0.15, -0.1) is 10.2 Å². The number of rotatable bonds is 4. The van der Waals surface area contributed by atoms with Gasteiger partial charge < -0.3 is 14.3 Å². The zero-order valence-corrected chi connectivity index (χ0v) is 18.7. The number of hydrogen-bond donors (Lipinski definition) is 1. The van der Waals surface area contributed by atoms with Crippen LogP contribution >= 0.6 is 0 Å². The van der Waals surface area contributed by atoms with Gasteiger partial charge in [0.1, 0.15) is 6.04 Å². The molecule has 0 radical (unpaired) electrons. The van der Waals surface area contributed by atoms with E-state index in [0.717, 1.165) is 5.69 Å². The molecule has 0 aromatic carbocycles. The molecule has 0 unspecified atom stereocenters. The summed E-state index contributed by atoms with van der Waals surface area (Å²) in [5.74, 6) is -0.512. The minimum atomic E-state index is -2.67. The van der Waals surface area contributed by atoms with Crippen LogP contribution in [0.3, 0.4) is 0 Å². The number of nitrogens with one attached hydrogen (secondary N) is 1. The van der Waals surface area contributed by atoms with Crippen LogP contribution in [0.15, 0.2) is 41.3 Å². The van der Waals surface area contributed by atoms with E-state index in [4.69, 9.17) is 4.42 Å². The van der Waals surface area contributed by atoms with Crippen LogP contribution in [0, 0.1) is 6.92 Å². The van der Waals surface area contributed by atoms with Gasteiger partial charge in [-0.25, -0.2) is 18.3 Å². The molecule has 0 saturated heterocycles. The standard InChI is InChI=1S/C22H19F2N9O2/c1-11-13(9-31(2)29-11)20-27-28-21(35-20)22(34)32-7-5-14-17(26-10-25-14)18(32)15-8-16-12(19(23)24)4-3-6-33(16)30-15/h3-4,6,8-10,18-19H,5,7H2,1-2H3,(H,25,26)/t18-/m0/s1. The summed E-state index contributed by atoms with van der Waals surface area (Å²) in [5, 5.41) is 16.8. The highest BCUT2D eigenvalue weighted by Gasteiger charge is 2.38. The molecule has 0 fully saturated rings. The lowest BCUT2D eigenvalue weighted by Gasteiger charge is -2.32. The average Bonchev–Trinajstić information content (AvgIpc) is 3.62. The molecule has 178 valence electrons. The van der Waals surface area contributed by atoms with Crippen molar-refractivity contribution in [2.45, 2.75) is 25.8 Å². The van der Waals surface area contributed by atoms with E-state index in [0.29, 0.717) is 35.6 Å². The third kappa shape index (κ3) is 3.38. The molecular formula is C22H19F2N9O2. The molecule has 0 aliphatic carbocycles. The third-order valence-electron chi connectivity index (χ3n) is 6.11. The molecule has 0 spiro atoms. The number of hydrogen-bond acceptors (Lipinski definition) is 7. The Morgan fingerprint density at radius 2 is 2.14 bits per heavy atom. The molecule has 5 aromatic rings. The van der Waals surface area contributed by atoms with Crippen LogP contribution in [-0.2, 0) is 13.5 Å². The summed E-state index contributed by atoms with van der Waals surface area (Å²) in [6, 6.07) is 3.71. The van der Waals surface area contributed by atoms with Crippen molar-refractivity contribution < 1.29 is 18.0 Å². The molecule has 0 bridgehead atoms. The summed E-state index contributed by atoms with van der Waals surface area (Å²) in [6.45, 7) is 2.12. The minimum Gasteiger partial charge on any atom is -0.412 e. The Kier molecular flexibility index (Phi) is 4.72. The number of fused-ring (bicyclic) bond motifs is 2. The Morgan fingerprint density at radius 1 is 1.29 bits per heavy atom. The van der Waals surface area contributed by atoms with Crippen molar-refractivity contribution in [3.8, 4) is 11.5 Å². The number of nitrogens with zero attached hydrogens (tertiary/aromatic N) is 8. The summed E-state index contributed by atoms with van der Waals surface area (Å²) < 4.78 is 35.9. The fraction of sp³-hybridized carbons (Fsp3) is 0.273. The number of aryl methyl sites for hydroxylation is 2. The van der Waals surface area contributed by atoms with E-state index in [1.54, 1.807) is 43.4 Å². The van der Waals surface area contributed by atoms with Gasteiger partial charge in [-0.2, -0.15) is 10.2 Å². The van der Waals surface area contributed by atoms with E-state index in [2.05, 4.69) is 30.4 Å². The smallest absolute Gasteiger partial charge is 0.312 e. The molecule has 0 saturated carbocycles. The van der Waals surface area contributed by atoms with E-state index in [-0.39, 0.29) is 22.9 Å². The van der Waals surface area contributed by atoms with Crippen LogP contribution in [0.5, 0.6) is 0 Å². The second-order valence-electron chi connectivity index (χ2n) is 8.29. The van der Waals surface area contributed by atoms with Gasteiger partial charge in [0, 0.05) is 43.7 Å². The summed E-state index contributed by atoms with van der Waals surface area (Å²) >= 11 is 0. The summed E-state index contributed by atoms with van der Waals surface area (Å²) in [5.41, 5.74) is 3.28. The zero-order chi connectivity index (χ0) is 24.3. The first-order chi connectivity index (χ1) is 16.9. The average molecular weight is 479 g/mol. The van der Waals surface area contributed by atoms with E-state index in [9.17, 15) is 13.6 Å². The van der Waals surface area contributed by atoms with Crippen molar-refractivity contribution in [1.29, 1.82) is 0 Å². The SMILES string of the molecule is Cc1nn(C)cc1-c1nnc(C(=O)N2CCc3[nH]cnc3[C@@H]2c2cc3c(C(F)F)cccn3n2)o1. The number of aromatic nitrogens is 8. The van der Waals surface area contributed by atoms with Gasteiger partial charge in [-0.05, 0) is 25.1 Å². The zero-order valence-electron chi connectivity index (χ0n) is 18.7. The van der Waals surface area contributed by atoms with Crippen LogP contribution < -0.4 is 0 Å². The van der Waals surface area contributed by atoms with Crippen LogP contribution in [0.4, 0.5) is 8.78 Å². The maximum absolute atomic E-state index is 13.6. The number of carbonyl (C=O) groups is 1. The van der Waals surface area contributed by atoms with E-state index >= 15 is 0 Å². The number of pyridine rings is 1. The van der Waals surface area contributed by atoms with E-state index < -0.39 is 18.4 Å². The lowest BCUT2D eigenvalue weighted by Crippen LogP contribution is -2.41. The first kappa shape index (κ1) is 21.1. The summed E-state index contributed by atoms with van der Waals surface area (Å²) in [6.07, 6.45) is 2.72. The van der Waals surface area contributed by atoms with Crippen molar-refractivity contribution in [3.05, 3.63) is 71.1 Å². The monoisotopic (exact) mass is 479 g/mol. The molecule has 1 amide bonds. The normalized spacial score (nSPS) is 15.8. The van der Waals surface area contributed by atoms with Gasteiger partial charge in [-0.1, -0.05) is 0 Å². The third-order valence-corrected chi connectivity index (χ3v) is 6.11. The Bertz CT molecular complexity index is 1560. The number of carbonyl (C=O) groups excluding carboxylic acids is 1. The van der Waals surface area contributed by atoms with Crippen molar-refractivity contribution in [2.75, 3.05) is 6.54 Å². The molecule has 1 atom stereocenters. The van der Waals surface area contributed by atoms with Gasteiger partial charge in [0.25, 0.3) is 12.3 Å². The Balaban J connectivity index is 1.41. The Hall–Kier alpha value is -4.42. The molecule has 6 rings (SSSR count). The second kappa shape index (κ2) is 7.82. The number of amides is 1. The minimum absolute atomic E-state index is 0.143. The Morgan fingerprint density at radius 3 is 2.91 bits per heavy atom. The van der Waals surface area contributed by atoms with Crippen LogP contribution in [0.1, 0.15) is 51.5 Å². The molecule has 1 aliphatic heterocycles. The molecule has 1 aliphatic rings. The maximum Gasteiger partial charge on any atom is 0.312 e. The van der Waals surface area contributed by atoms with Crippen LogP contribution in [-0.4, -0.2) is 56.9 Å².